The average molecular weight is 391 g/mol. The lowest BCUT2D eigenvalue weighted by atomic mass is 9.73. The van der Waals surface area contributed by atoms with Gasteiger partial charge >= 0.3 is 0 Å². The van der Waals surface area contributed by atoms with Gasteiger partial charge in [-0.1, -0.05) is 49.4 Å². The van der Waals surface area contributed by atoms with Crippen molar-refractivity contribution in [2.75, 3.05) is 6.54 Å². The summed E-state index contributed by atoms with van der Waals surface area (Å²) in [5.74, 6) is 0.710. The Bertz CT molecular complexity index is 635. The Balaban J connectivity index is 1.82. The van der Waals surface area contributed by atoms with Gasteiger partial charge in [0.1, 0.15) is 0 Å². The molecular formula is C19H22IN. The van der Waals surface area contributed by atoms with E-state index < -0.39 is 0 Å². The maximum Gasteiger partial charge on any atom is 0.0336 e. The molecule has 0 radical (unpaired) electrons. The molecule has 2 heteroatoms. The highest BCUT2D eigenvalue weighted by Crippen LogP contribution is 2.41. The molecule has 1 aliphatic carbocycles. The highest BCUT2D eigenvalue weighted by Gasteiger charge is 2.29. The molecule has 2 unspecified atom stereocenters. The van der Waals surface area contributed by atoms with Crippen molar-refractivity contribution in [3.05, 3.63) is 68.3 Å². The van der Waals surface area contributed by atoms with Gasteiger partial charge in [0.25, 0.3) is 0 Å². The van der Waals surface area contributed by atoms with E-state index in [-0.39, 0.29) is 0 Å². The molecule has 2 aromatic rings. The Labute approximate surface area is 141 Å². The minimum atomic E-state index is 0.458. The van der Waals surface area contributed by atoms with Gasteiger partial charge in [-0.25, -0.2) is 0 Å². The van der Waals surface area contributed by atoms with Gasteiger partial charge in [-0.2, -0.15) is 0 Å². The van der Waals surface area contributed by atoms with E-state index in [2.05, 4.69) is 84.2 Å². The minimum absolute atomic E-state index is 0.458. The molecule has 21 heavy (non-hydrogen) atoms. The van der Waals surface area contributed by atoms with Crippen LogP contribution in [-0.4, -0.2) is 6.54 Å². The number of nitrogens with one attached hydrogen (secondary N) is 1. The molecule has 3 rings (SSSR count). The molecule has 0 saturated heterocycles. The monoisotopic (exact) mass is 391 g/mol. The molecule has 0 bridgehead atoms. The van der Waals surface area contributed by atoms with Crippen LogP contribution in [0.5, 0.6) is 0 Å². The van der Waals surface area contributed by atoms with E-state index in [0.717, 1.165) is 6.54 Å². The third kappa shape index (κ3) is 3.02. The molecule has 0 aliphatic heterocycles. The van der Waals surface area contributed by atoms with Crippen molar-refractivity contribution in [1.82, 2.24) is 5.32 Å². The number of rotatable bonds is 5. The zero-order valence-corrected chi connectivity index (χ0v) is 14.9. The summed E-state index contributed by atoms with van der Waals surface area (Å²) in [7, 11) is 0. The molecule has 2 atom stereocenters. The molecule has 1 aliphatic rings. The van der Waals surface area contributed by atoms with Crippen LogP contribution >= 0.6 is 22.6 Å². The fourth-order valence-electron chi connectivity index (χ4n) is 3.36. The first-order valence-corrected chi connectivity index (χ1v) is 8.84. The van der Waals surface area contributed by atoms with Crippen molar-refractivity contribution in [3.63, 3.8) is 0 Å². The number of hydrogen-bond donors (Lipinski definition) is 1. The maximum absolute atomic E-state index is 3.69. The zero-order chi connectivity index (χ0) is 14.8. The van der Waals surface area contributed by atoms with Gasteiger partial charge in [0.2, 0.25) is 0 Å². The Hall–Kier alpha value is -0.870. The summed E-state index contributed by atoms with van der Waals surface area (Å²) in [4.78, 5) is 0. The minimum Gasteiger partial charge on any atom is -0.310 e. The summed E-state index contributed by atoms with van der Waals surface area (Å²) in [6.07, 6.45) is 2.44. The third-order valence-electron chi connectivity index (χ3n) is 4.53. The van der Waals surface area contributed by atoms with E-state index in [4.69, 9.17) is 0 Å². The van der Waals surface area contributed by atoms with Crippen LogP contribution in [0.15, 0.2) is 42.5 Å². The molecule has 1 nitrogen and oxygen atoms in total. The SMILES string of the molecule is CCNC(CC1Cc2ccccc21)c1cccc(C)c1I. The second-order valence-corrected chi connectivity index (χ2v) is 7.00. The van der Waals surface area contributed by atoms with Crippen LogP contribution in [0, 0.1) is 10.5 Å². The van der Waals surface area contributed by atoms with Gasteiger partial charge in [-0.15, -0.1) is 0 Å². The normalized spacial score (nSPS) is 18.0. The van der Waals surface area contributed by atoms with E-state index in [1.54, 1.807) is 5.56 Å². The van der Waals surface area contributed by atoms with Gasteiger partial charge in [0.15, 0.2) is 0 Å². The molecule has 1 N–H and O–H groups in total. The molecule has 2 aromatic carbocycles. The van der Waals surface area contributed by atoms with Crippen molar-refractivity contribution in [2.24, 2.45) is 0 Å². The van der Waals surface area contributed by atoms with Crippen LogP contribution in [0.1, 0.15) is 47.6 Å². The van der Waals surface area contributed by atoms with Crippen LogP contribution in [0.3, 0.4) is 0 Å². The quantitative estimate of drug-likeness (QED) is 0.709. The zero-order valence-electron chi connectivity index (χ0n) is 12.7. The Morgan fingerprint density at radius 2 is 2.00 bits per heavy atom. The third-order valence-corrected chi connectivity index (χ3v) is 6.00. The smallest absolute Gasteiger partial charge is 0.0336 e. The molecular weight excluding hydrogens is 369 g/mol. The van der Waals surface area contributed by atoms with E-state index in [1.807, 2.05) is 0 Å². The van der Waals surface area contributed by atoms with Crippen molar-refractivity contribution < 1.29 is 0 Å². The summed E-state index contributed by atoms with van der Waals surface area (Å²) >= 11 is 2.50. The molecule has 0 amide bonds. The lowest BCUT2D eigenvalue weighted by Gasteiger charge is -2.34. The molecule has 110 valence electrons. The van der Waals surface area contributed by atoms with Crippen LogP contribution < -0.4 is 5.32 Å². The van der Waals surface area contributed by atoms with Gasteiger partial charge in [-0.3, -0.25) is 0 Å². The van der Waals surface area contributed by atoms with Crippen molar-refractivity contribution in [3.8, 4) is 0 Å². The van der Waals surface area contributed by atoms with Crippen molar-refractivity contribution in [1.29, 1.82) is 0 Å². The summed E-state index contributed by atoms with van der Waals surface area (Å²) < 4.78 is 1.41. The lowest BCUT2D eigenvalue weighted by Crippen LogP contribution is -2.27. The predicted octanol–water partition coefficient (Wildman–Crippen LogP) is 4.98. The molecule has 0 heterocycles. The van der Waals surface area contributed by atoms with Gasteiger partial charge in [0, 0.05) is 9.61 Å². The average Bonchev–Trinajstić information content (AvgIpc) is 2.47. The largest absolute Gasteiger partial charge is 0.310 e. The number of aryl methyl sites for hydroxylation is 1. The van der Waals surface area contributed by atoms with Crippen molar-refractivity contribution in [2.45, 2.75) is 38.6 Å². The molecule has 0 saturated carbocycles. The van der Waals surface area contributed by atoms with Gasteiger partial charge in [-0.05, 0) is 77.1 Å². The number of benzene rings is 2. The highest BCUT2D eigenvalue weighted by atomic mass is 127. The topological polar surface area (TPSA) is 12.0 Å². The summed E-state index contributed by atoms with van der Waals surface area (Å²) in [6.45, 7) is 5.42. The lowest BCUT2D eigenvalue weighted by molar-refractivity contribution is 0.434. The van der Waals surface area contributed by atoms with Crippen LogP contribution in [-0.2, 0) is 6.42 Å². The number of fused-ring (bicyclic) bond motifs is 1. The first kappa shape index (κ1) is 15.0. The Morgan fingerprint density at radius 3 is 2.76 bits per heavy atom. The fourth-order valence-corrected chi connectivity index (χ4v) is 4.10. The second kappa shape index (κ2) is 6.49. The first-order chi connectivity index (χ1) is 10.2. The van der Waals surface area contributed by atoms with Crippen LogP contribution in [0.25, 0.3) is 0 Å². The maximum atomic E-state index is 3.69. The fraction of sp³-hybridized carbons (Fsp3) is 0.368. The second-order valence-electron chi connectivity index (χ2n) is 5.92. The van der Waals surface area contributed by atoms with E-state index in [9.17, 15) is 0 Å². The Morgan fingerprint density at radius 1 is 1.19 bits per heavy atom. The van der Waals surface area contributed by atoms with E-state index >= 15 is 0 Å². The van der Waals surface area contributed by atoms with E-state index in [1.165, 1.54) is 33.1 Å². The Kier molecular flexibility index (Phi) is 4.65. The summed E-state index contributed by atoms with van der Waals surface area (Å²) in [5, 5.41) is 3.69. The summed E-state index contributed by atoms with van der Waals surface area (Å²) in [6, 6.07) is 16.0. The van der Waals surface area contributed by atoms with Crippen LogP contribution in [0.4, 0.5) is 0 Å². The van der Waals surface area contributed by atoms with Crippen LogP contribution in [0.2, 0.25) is 0 Å². The summed E-state index contributed by atoms with van der Waals surface area (Å²) in [5.41, 5.74) is 5.94. The molecule has 0 fully saturated rings. The first-order valence-electron chi connectivity index (χ1n) is 7.77. The number of halogens is 1. The van der Waals surface area contributed by atoms with Gasteiger partial charge in [0.05, 0.1) is 0 Å². The van der Waals surface area contributed by atoms with Crippen molar-refractivity contribution >= 4 is 22.6 Å². The molecule has 0 spiro atoms. The number of hydrogen-bond acceptors (Lipinski definition) is 1. The van der Waals surface area contributed by atoms with E-state index in [0.29, 0.717) is 12.0 Å². The molecule has 0 aromatic heterocycles. The predicted molar refractivity (Wildman–Crippen MR) is 97.8 cm³/mol. The van der Waals surface area contributed by atoms with Gasteiger partial charge < -0.3 is 5.32 Å². The standard InChI is InChI=1S/C19H22IN/c1-3-21-18(17-10-6-7-13(2)19(17)20)12-15-11-14-8-4-5-9-16(14)15/h4-10,15,18,21H,3,11-12H2,1-2H3. The highest BCUT2D eigenvalue weighted by molar-refractivity contribution is 14.1.